The minimum absolute atomic E-state index is 0.0173. The minimum atomic E-state index is -0.398. The van der Waals surface area contributed by atoms with E-state index in [0.29, 0.717) is 5.56 Å². The van der Waals surface area contributed by atoms with Crippen LogP contribution >= 0.6 is 0 Å². The molecule has 9 rings (SSSR count). The lowest BCUT2D eigenvalue weighted by molar-refractivity contribution is 0.590. The Labute approximate surface area is 332 Å². The highest BCUT2D eigenvalue weighted by Crippen LogP contribution is 2.41. The molecule has 0 fully saturated rings. The molecule has 55 heavy (non-hydrogen) atoms. The molecule has 0 saturated heterocycles. The molecule has 2 aromatic heterocycles. The average molecular weight is 720 g/mol. The Morgan fingerprint density at radius 2 is 0.873 bits per heavy atom. The molecule has 0 radical (unpaired) electrons. The summed E-state index contributed by atoms with van der Waals surface area (Å²) in [5, 5.41) is 4.35. The summed E-state index contributed by atoms with van der Waals surface area (Å²) < 4.78 is 47.5. The van der Waals surface area contributed by atoms with E-state index in [1.165, 1.54) is 33.0 Å². The fraction of sp³-hybridized carbons (Fsp3) is 0.208. The van der Waals surface area contributed by atoms with Gasteiger partial charge in [0.2, 0.25) is 0 Å². The fourth-order valence-corrected chi connectivity index (χ4v) is 8.27. The van der Waals surface area contributed by atoms with E-state index in [1.807, 2.05) is 24.3 Å². The molecule has 0 bridgehead atoms. The molecule has 0 atom stereocenters. The number of nitrogens with zero attached hydrogens (tertiary/aromatic N) is 2. The quantitative estimate of drug-likeness (QED) is 0.168. The lowest BCUT2D eigenvalue weighted by Gasteiger charge is -2.27. The van der Waals surface area contributed by atoms with E-state index in [1.54, 1.807) is 0 Å². The van der Waals surface area contributed by atoms with Crippen molar-refractivity contribution in [3.63, 3.8) is 0 Å². The summed E-state index contributed by atoms with van der Waals surface area (Å²) in [5.41, 5.74) is 11.7. The fourth-order valence-electron chi connectivity index (χ4n) is 8.27. The first-order valence-electron chi connectivity index (χ1n) is 21.8. The summed E-state index contributed by atoms with van der Waals surface area (Å²) in [6.45, 7) is 18.1. The first-order valence-corrected chi connectivity index (χ1v) is 19.3. The third-order valence-electron chi connectivity index (χ3n) is 11.6. The molecule has 272 valence electrons. The number of benzene rings is 7. The van der Waals surface area contributed by atoms with Crippen LogP contribution in [0.2, 0.25) is 0 Å². The van der Waals surface area contributed by atoms with Crippen LogP contribution in [0.4, 0.5) is 0 Å². The summed E-state index contributed by atoms with van der Waals surface area (Å²) in [5.74, 6) is 0. The largest absolute Gasteiger partial charge is 0.309 e. The third-order valence-corrected chi connectivity index (χ3v) is 11.6. The molecular weight excluding hydrogens is 665 g/mol. The van der Waals surface area contributed by atoms with E-state index in [-0.39, 0.29) is 46.0 Å². The van der Waals surface area contributed by atoms with Crippen molar-refractivity contribution in [2.24, 2.45) is 0 Å². The number of hydrogen-bond donors (Lipinski definition) is 0. The van der Waals surface area contributed by atoms with Crippen molar-refractivity contribution in [3.05, 3.63) is 180 Å². The van der Waals surface area contributed by atoms with E-state index in [9.17, 15) is 0 Å². The van der Waals surface area contributed by atoms with Crippen LogP contribution in [-0.2, 0) is 16.2 Å². The highest BCUT2D eigenvalue weighted by Gasteiger charge is 2.25. The summed E-state index contributed by atoms with van der Waals surface area (Å²) in [7, 11) is 0. The van der Waals surface area contributed by atoms with Crippen molar-refractivity contribution < 1.29 is 6.85 Å². The van der Waals surface area contributed by atoms with Crippen molar-refractivity contribution >= 4 is 43.6 Å². The predicted molar refractivity (Wildman–Crippen MR) is 237 cm³/mol. The molecule has 0 N–H and O–H groups in total. The van der Waals surface area contributed by atoms with Crippen LogP contribution < -0.4 is 0 Å². The molecule has 0 spiro atoms. The van der Waals surface area contributed by atoms with Crippen molar-refractivity contribution in [2.75, 3.05) is 0 Å². The second-order valence-corrected chi connectivity index (χ2v) is 17.6. The Kier molecular flexibility index (Phi) is 6.76. The molecule has 0 aliphatic rings. The molecule has 0 amide bonds. The van der Waals surface area contributed by atoms with Gasteiger partial charge in [0.05, 0.1) is 28.9 Å². The lowest BCUT2D eigenvalue weighted by Crippen LogP contribution is -2.19. The number of rotatable bonds is 5. The normalized spacial score (nSPS) is 14.0. The number of fused-ring (bicyclic) bond motifs is 6. The van der Waals surface area contributed by atoms with Gasteiger partial charge in [0, 0.05) is 38.3 Å². The standard InChI is InChI=1S/C53H50N2/c1-51(2,3)38-23-27-48-44(32-38)45-33-39(52(4,5)6)24-28-49(45)55(48)42-25-29-50-46(34-42)43-30-36(35-16-11-9-12-17-35)22-26-47(43)54(50)41-21-15-20-40(31-41)53(7,8)37-18-13-10-14-19-37/h9-34H,1-8H3/i9D,11D,12D,16D,17D. The molecule has 2 heteroatoms. The molecule has 2 nitrogen and oxygen atoms in total. The SMILES string of the molecule is [2H]c1c([2H])c([2H])c(-c2ccc3c(c2)c2cc(-n4c5ccc(C(C)(C)C)cc5c5cc(C(C)(C)C)ccc54)ccc2n3-c2cccc(C(C)(C)c3ccccc3)c2)c([2H])c1[2H]. The van der Waals surface area contributed by atoms with Crippen LogP contribution in [0.25, 0.3) is 66.1 Å². The average Bonchev–Trinajstić information content (AvgIpc) is 3.73. The smallest absolute Gasteiger partial charge is 0.0629 e. The molecule has 0 aliphatic heterocycles. The summed E-state index contributed by atoms with van der Waals surface area (Å²) in [6.07, 6.45) is 0. The monoisotopic (exact) mass is 719 g/mol. The molecule has 2 heterocycles. The summed E-state index contributed by atoms with van der Waals surface area (Å²) in [6, 6.07) is 44.1. The topological polar surface area (TPSA) is 9.86 Å². The van der Waals surface area contributed by atoms with E-state index < -0.39 is 6.04 Å². The Balaban J connectivity index is 1.34. The van der Waals surface area contributed by atoms with Gasteiger partial charge in [0.25, 0.3) is 0 Å². The first kappa shape index (κ1) is 29.5. The highest BCUT2D eigenvalue weighted by atomic mass is 15.0. The molecule has 0 unspecified atom stereocenters. The lowest BCUT2D eigenvalue weighted by atomic mass is 9.78. The van der Waals surface area contributed by atoms with Crippen LogP contribution in [-0.4, -0.2) is 9.13 Å². The van der Waals surface area contributed by atoms with Crippen LogP contribution in [0, 0.1) is 0 Å². The second kappa shape index (κ2) is 12.6. The predicted octanol–water partition coefficient (Wildman–Crippen LogP) is 14.5. The Bertz CT molecular complexity index is 3090. The van der Waals surface area contributed by atoms with Gasteiger partial charge in [-0.3, -0.25) is 0 Å². The Hall–Kier alpha value is -5.86. The maximum absolute atomic E-state index is 8.84. The van der Waals surface area contributed by atoms with Gasteiger partial charge in [0.1, 0.15) is 0 Å². The minimum Gasteiger partial charge on any atom is -0.309 e. The van der Waals surface area contributed by atoms with E-state index in [0.717, 1.165) is 44.2 Å². The van der Waals surface area contributed by atoms with Crippen molar-refractivity contribution in [2.45, 2.75) is 71.6 Å². The van der Waals surface area contributed by atoms with Gasteiger partial charge in [-0.25, -0.2) is 0 Å². The molecule has 0 aliphatic carbocycles. The molecule has 0 saturated carbocycles. The van der Waals surface area contributed by atoms with E-state index in [2.05, 4.69) is 168 Å². The zero-order valence-electron chi connectivity index (χ0n) is 38.0. The van der Waals surface area contributed by atoms with Gasteiger partial charge < -0.3 is 9.13 Å². The van der Waals surface area contributed by atoms with Gasteiger partial charge in [0.15, 0.2) is 0 Å². The summed E-state index contributed by atoms with van der Waals surface area (Å²) >= 11 is 0. The highest BCUT2D eigenvalue weighted by molar-refractivity contribution is 6.13. The van der Waals surface area contributed by atoms with Crippen LogP contribution in [0.5, 0.6) is 0 Å². The van der Waals surface area contributed by atoms with Crippen molar-refractivity contribution in [1.29, 1.82) is 0 Å². The first-order chi connectivity index (χ1) is 28.4. The van der Waals surface area contributed by atoms with Gasteiger partial charge in [-0.15, -0.1) is 0 Å². The second-order valence-electron chi connectivity index (χ2n) is 17.6. The van der Waals surface area contributed by atoms with Gasteiger partial charge >= 0.3 is 0 Å². The van der Waals surface area contributed by atoms with Gasteiger partial charge in [-0.1, -0.05) is 146 Å². The maximum atomic E-state index is 8.84. The Morgan fingerprint density at radius 1 is 0.382 bits per heavy atom. The van der Waals surface area contributed by atoms with E-state index in [4.69, 9.17) is 6.85 Å². The summed E-state index contributed by atoms with van der Waals surface area (Å²) in [4.78, 5) is 0. The molecular formula is C53H50N2. The molecule has 7 aromatic carbocycles. The number of hydrogen-bond acceptors (Lipinski definition) is 0. The third kappa shape index (κ3) is 5.87. The van der Waals surface area contributed by atoms with Crippen LogP contribution in [0.1, 0.15) is 84.5 Å². The zero-order valence-corrected chi connectivity index (χ0v) is 33.0. The maximum Gasteiger partial charge on any atom is 0.0629 e. The Morgan fingerprint density at radius 3 is 1.45 bits per heavy atom. The van der Waals surface area contributed by atoms with E-state index >= 15 is 0 Å². The van der Waals surface area contributed by atoms with Gasteiger partial charge in [-0.05, 0) is 111 Å². The van der Waals surface area contributed by atoms with Gasteiger partial charge in [-0.2, -0.15) is 0 Å². The molecule has 9 aromatic rings. The van der Waals surface area contributed by atoms with Crippen LogP contribution in [0.15, 0.2) is 158 Å². The van der Waals surface area contributed by atoms with Crippen molar-refractivity contribution in [3.8, 4) is 22.5 Å². The zero-order chi connectivity index (χ0) is 42.6. The van der Waals surface area contributed by atoms with Crippen molar-refractivity contribution in [1.82, 2.24) is 9.13 Å². The van der Waals surface area contributed by atoms with Crippen LogP contribution in [0.3, 0.4) is 0 Å². The number of aromatic nitrogens is 2.